The molecule has 0 amide bonds. The van der Waals surface area contributed by atoms with Crippen molar-refractivity contribution in [2.45, 2.75) is 32.2 Å². The highest BCUT2D eigenvalue weighted by atomic mass is 32.2. The number of nitrogens with zero attached hydrogens (tertiary/aromatic N) is 2. The molecule has 36 heavy (non-hydrogen) atoms. The normalized spacial score (nSPS) is 13.5. The molecule has 0 bridgehead atoms. The van der Waals surface area contributed by atoms with E-state index in [9.17, 15) is 9.90 Å². The number of aromatic hydroxyl groups is 1. The molecule has 0 unspecified atom stereocenters. The van der Waals surface area contributed by atoms with Crippen molar-refractivity contribution in [3.05, 3.63) is 117 Å². The van der Waals surface area contributed by atoms with Crippen molar-refractivity contribution in [1.82, 2.24) is 9.55 Å². The summed E-state index contributed by atoms with van der Waals surface area (Å²) >= 11 is 3.23. The second kappa shape index (κ2) is 9.96. The van der Waals surface area contributed by atoms with Crippen LogP contribution in [0.4, 0.5) is 0 Å². The predicted octanol–water partition coefficient (Wildman–Crippen LogP) is 6.71. The summed E-state index contributed by atoms with van der Waals surface area (Å²) in [6.45, 7) is 0.559. The van der Waals surface area contributed by atoms with Gasteiger partial charge in [0.2, 0.25) is 0 Å². The summed E-state index contributed by atoms with van der Waals surface area (Å²) in [5.74, 6) is 2.09. The third-order valence-corrected chi connectivity index (χ3v) is 8.86. The van der Waals surface area contributed by atoms with E-state index in [0.29, 0.717) is 29.6 Å². The molecule has 0 fully saturated rings. The summed E-state index contributed by atoms with van der Waals surface area (Å²) in [6.07, 6.45) is 5.48. The average molecular weight is 511 g/mol. The molecule has 6 rings (SSSR count). The van der Waals surface area contributed by atoms with Crippen LogP contribution in [0.15, 0.2) is 88.6 Å². The maximum absolute atomic E-state index is 14.0. The van der Waals surface area contributed by atoms with E-state index in [2.05, 4.69) is 36.4 Å². The first-order valence-corrected chi connectivity index (χ1v) is 14.0. The molecule has 6 heteroatoms. The maximum atomic E-state index is 14.0. The van der Waals surface area contributed by atoms with E-state index in [1.165, 1.54) is 27.4 Å². The number of allylic oxidation sites excluding steroid dienone is 2. The Bertz CT molecular complexity index is 1640. The predicted molar refractivity (Wildman–Crippen MR) is 151 cm³/mol. The van der Waals surface area contributed by atoms with E-state index in [1.54, 1.807) is 0 Å². The van der Waals surface area contributed by atoms with Crippen LogP contribution in [0.1, 0.15) is 28.9 Å². The summed E-state index contributed by atoms with van der Waals surface area (Å²) < 4.78 is 2.59. The maximum Gasteiger partial charge on any atom is 0.263 e. The fraction of sp³-hybridized carbons (Fsp3) is 0.200. The van der Waals surface area contributed by atoms with Gasteiger partial charge in [-0.3, -0.25) is 9.36 Å². The first kappa shape index (κ1) is 23.1. The zero-order valence-corrected chi connectivity index (χ0v) is 21.4. The van der Waals surface area contributed by atoms with Gasteiger partial charge in [0.05, 0.1) is 16.6 Å². The van der Waals surface area contributed by atoms with Gasteiger partial charge in [0.25, 0.3) is 5.56 Å². The van der Waals surface area contributed by atoms with Crippen LogP contribution in [0.25, 0.3) is 20.3 Å². The van der Waals surface area contributed by atoms with E-state index in [-0.39, 0.29) is 11.3 Å². The van der Waals surface area contributed by atoms with Gasteiger partial charge in [-0.1, -0.05) is 66.7 Å². The van der Waals surface area contributed by atoms with Gasteiger partial charge in [-0.25, -0.2) is 4.98 Å². The zero-order valence-electron chi connectivity index (χ0n) is 19.8. The number of benzene rings is 3. The van der Waals surface area contributed by atoms with Crippen LogP contribution in [-0.4, -0.2) is 20.4 Å². The van der Waals surface area contributed by atoms with Crippen LogP contribution in [-0.2, 0) is 25.8 Å². The topological polar surface area (TPSA) is 55.1 Å². The number of aromatic nitrogens is 2. The molecular weight excluding hydrogens is 484 g/mol. The van der Waals surface area contributed by atoms with Gasteiger partial charge in [-0.05, 0) is 48.1 Å². The molecule has 0 aliphatic carbocycles. The van der Waals surface area contributed by atoms with E-state index >= 15 is 0 Å². The lowest BCUT2D eigenvalue weighted by Crippen LogP contribution is -2.26. The van der Waals surface area contributed by atoms with Crippen molar-refractivity contribution < 1.29 is 5.11 Å². The second-order valence-corrected chi connectivity index (χ2v) is 11.4. The molecular formula is C30H26N2O2S2. The Hall–Kier alpha value is -3.35. The Labute approximate surface area is 218 Å². The molecule has 0 saturated heterocycles. The van der Waals surface area contributed by atoms with Crippen molar-refractivity contribution in [1.29, 1.82) is 0 Å². The van der Waals surface area contributed by atoms with Crippen LogP contribution >= 0.6 is 23.1 Å². The molecule has 0 atom stereocenters. The van der Waals surface area contributed by atoms with Crippen molar-refractivity contribution in [2.24, 2.45) is 0 Å². The Morgan fingerprint density at radius 3 is 2.39 bits per heavy atom. The highest BCUT2D eigenvalue weighted by molar-refractivity contribution is 8.03. The number of aryl methyl sites for hydroxylation is 2. The fourth-order valence-electron chi connectivity index (χ4n) is 4.87. The van der Waals surface area contributed by atoms with E-state index < -0.39 is 0 Å². The molecule has 3 aromatic carbocycles. The Morgan fingerprint density at radius 2 is 1.67 bits per heavy atom. The molecule has 1 aliphatic rings. The molecule has 0 spiro atoms. The summed E-state index contributed by atoms with van der Waals surface area (Å²) in [5, 5.41) is 12.3. The van der Waals surface area contributed by atoms with Gasteiger partial charge in [-0.2, -0.15) is 0 Å². The van der Waals surface area contributed by atoms with E-state index in [1.807, 2.05) is 58.8 Å². The van der Waals surface area contributed by atoms with Crippen molar-refractivity contribution >= 4 is 43.4 Å². The van der Waals surface area contributed by atoms with Crippen LogP contribution in [0, 0.1) is 0 Å². The molecule has 1 aliphatic heterocycles. The first-order chi connectivity index (χ1) is 17.7. The second-order valence-electron chi connectivity index (χ2n) is 9.15. The molecule has 0 saturated carbocycles. The number of hydrogen-bond donors (Lipinski definition) is 1. The van der Waals surface area contributed by atoms with Crippen molar-refractivity contribution in [3.63, 3.8) is 0 Å². The fourth-order valence-corrected chi connectivity index (χ4v) is 6.90. The monoisotopic (exact) mass is 510 g/mol. The van der Waals surface area contributed by atoms with Gasteiger partial charge < -0.3 is 5.11 Å². The lowest BCUT2D eigenvalue weighted by molar-refractivity contribution is 0.482. The lowest BCUT2D eigenvalue weighted by atomic mass is 10.0. The number of phenolic OH excluding ortho intramolecular Hbond substituents is 1. The SMILES string of the molecule is O=c1c2c(nc(CCc3ccccc3)n1CC1=CCCS1)sc1c(O)cc(Cc3ccccc3)cc12. The Balaban J connectivity index is 1.47. The average Bonchev–Trinajstić information content (AvgIpc) is 3.54. The number of thiophene rings is 1. The Morgan fingerprint density at radius 1 is 0.917 bits per heavy atom. The van der Waals surface area contributed by atoms with Gasteiger partial charge in [0.15, 0.2) is 0 Å². The highest BCUT2D eigenvalue weighted by Gasteiger charge is 2.20. The minimum Gasteiger partial charge on any atom is -0.506 e. The molecule has 0 radical (unpaired) electrons. The van der Waals surface area contributed by atoms with Crippen LogP contribution in [0.2, 0.25) is 0 Å². The van der Waals surface area contributed by atoms with Crippen LogP contribution < -0.4 is 5.56 Å². The molecule has 2 aromatic heterocycles. The largest absolute Gasteiger partial charge is 0.506 e. The molecule has 180 valence electrons. The standard InChI is InChI=1S/C30H26N2O2S2/c33-25-18-22(16-21-10-5-2-6-11-21)17-24-27-29(36-28(24)25)31-26(14-13-20-8-3-1-4-9-20)32(30(27)34)19-23-12-7-15-35-23/h1-6,8-12,17-18,33H,7,13-16,19H2. The van der Waals surface area contributed by atoms with Gasteiger partial charge >= 0.3 is 0 Å². The summed E-state index contributed by atoms with van der Waals surface area (Å²) in [6, 6.07) is 24.4. The van der Waals surface area contributed by atoms with E-state index in [0.717, 1.165) is 40.1 Å². The summed E-state index contributed by atoms with van der Waals surface area (Å²) in [5.41, 5.74) is 3.37. The minimum absolute atomic E-state index is 0.0148. The van der Waals surface area contributed by atoms with Crippen LogP contribution in [0.5, 0.6) is 5.75 Å². The number of hydrogen-bond acceptors (Lipinski definition) is 5. The smallest absolute Gasteiger partial charge is 0.263 e. The number of fused-ring (bicyclic) bond motifs is 3. The third-order valence-electron chi connectivity index (χ3n) is 6.63. The minimum atomic E-state index is -0.0148. The van der Waals surface area contributed by atoms with Crippen LogP contribution in [0.3, 0.4) is 0 Å². The van der Waals surface area contributed by atoms with Gasteiger partial charge in [0.1, 0.15) is 16.4 Å². The van der Waals surface area contributed by atoms with Gasteiger partial charge in [-0.15, -0.1) is 23.1 Å². The van der Waals surface area contributed by atoms with Gasteiger partial charge in [0, 0.05) is 22.5 Å². The first-order valence-electron chi connectivity index (χ1n) is 12.2. The van der Waals surface area contributed by atoms with E-state index in [4.69, 9.17) is 4.98 Å². The van der Waals surface area contributed by atoms with Crippen molar-refractivity contribution in [3.8, 4) is 5.75 Å². The molecule has 4 nitrogen and oxygen atoms in total. The zero-order chi connectivity index (χ0) is 24.5. The Kier molecular flexibility index (Phi) is 6.38. The summed E-state index contributed by atoms with van der Waals surface area (Å²) in [4.78, 5) is 21.0. The molecule has 5 aromatic rings. The quantitative estimate of drug-likeness (QED) is 0.264. The highest BCUT2D eigenvalue weighted by Crippen LogP contribution is 2.38. The lowest BCUT2D eigenvalue weighted by Gasteiger charge is -2.13. The third kappa shape index (κ3) is 4.59. The number of rotatable bonds is 7. The molecule has 3 heterocycles. The number of phenols is 1. The summed E-state index contributed by atoms with van der Waals surface area (Å²) in [7, 11) is 0. The molecule has 1 N–H and O–H groups in total. The number of thioether (sulfide) groups is 1. The van der Waals surface area contributed by atoms with Crippen molar-refractivity contribution in [2.75, 3.05) is 5.75 Å².